The topological polar surface area (TPSA) is 148 Å². The molecule has 0 unspecified atom stereocenters. The maximum Gasteiger partial charge on any atom is 0.421 e. The molecule has 1 heterocycles. The Morgan fingerprint density at radius 1 is 0.846 bits per heavy atom. The van der Waals surface area contributed by atoms with E-state index in [1.165, 1.54) is 6.07 Å². The lowest BCUT2D eigenvalue weighted by Crippen LogP contribution is -2.32. The Labute approximate surface area is 304 Å². The molecule has 0 atom stereocenters. The predicted octanol–water partition coefficient (Wildman–Crippen LogP) is 7.16. The van der Waals surface area contributed by atoms with Gasteiger partial charge in [-0.1, -0.05) is 112 Å². The van der Waals surface area contributed by atoms with Crippen LogP contribution < -0.4 is 4.72 Å². The Morgan fingerprint density at radius 3 is 2.12 bits per heavy atom. The molecule has 0 aliphatic heterocycles. The summed E-state index contributed by atoms with van der Waals surface area (Å²) in [4.78, 5) is 45.2. The van der Waals surface area contributed by atoms with Gasteiger partial charge in [0.1, 0.15) is 5.82 Å². The van der Waals surface area contributed by atoms with Gasteiger partial charge in [-0.2, -0.15) is 0 Å². The van der Waals surface area contributed by atoms with Crippen molar-refractivity contribution in [1.29, 1.82) is 0 Å². The molecule has 0 radical (unpaired) electrons. The first kappa shape index (κ1) is 37.5. The first-order chi connectivity index (χ1) is 25.0. The molecule has 11 nitrogen and oxygen atoms in total. The fraction of sp³-hybridized carbons (Fsp3) is 0.250. The molecule has 4 aromatic carbocycles. The molecular weight excluding hydrogens is 681 g/mol. The van der Waals surface area contributed by atoms with Crippen molar-refractivity contribution in [3.05, 3.63) is 143 Å². The third-order valence-electron chi connectivity index (χ3n) is 8.21. The van der Waals surface area contributed by atoms with E-state index in [1.54, 1.807) is 76.2 Å². The van der Waals surface area contributed by atoms with Crippen LogP contribution in [0.15, 0.2) is 114 Å². The minimum atomic E-state index is -4.25. The van der Waals surface area contributed by atoms with Crippen molar-refractivity contribution in [2.45, 2.75) is 58.1 Å². The highest BCUT2D eigenvalue weighted by atomic mass is 32.2. The normalized spacial score (nSPS) is 11.3. The number of aryl methyl sites for hydroxylation is 1. The second-order valence-electron chi connectivity index (χ2n) is 12.8. The molecular formula is C40H42N4O7S. The van der Waals surface area contributed by atoms with Gasteiger partial charge in [-0.05, 0) is 47.2 Å². The molecule has 0 saturated heterocycles. The number of ether oxygens (including phenoxy) is 1. The summed E-state index contributed by atoms with van der Waals surface area (Å²) < 4.78 is 35.1. The number of sulfonamides is 1. The molecule has 5 aromatic rings. The van der Waals surface area contributed by atoms with E-state index < -0.39 is 22.1 Å². The minimum Gasteiger partial charge on any atom is -0.477 e. The van der Waals surface area contributed by atoms with Crippen molar-refractivity contribution >= 4 is 28.0 Å². The number of nitrogens with zero attached hydrogens (tertiary/aromatic N) is 3. The number of benzene rings is 4. The van der Waals surface area contributed by atoms with E-state index in [-0.39, 0.29) is 54.3 Å². The molecule has 1 aromatic heterocycles. The van der Waals surface area contributed by atoms with Gasteiger partial charge in [-0.3, -0.25) is 4.79 Å². The van der Waals surface area contributed by atoms with Crippen LogP contribution in [-0.2, 0) is 40.8 Å². The SMILES string of the molecule is CCCc1nc(CN(Cc2ccccc2)C(=O)c2ccccc2)c(C(=O)O)n1Cc1ccc(-c2ccccc2S(=O)(=O)NC(=O)OCC(C)C)cc1. The van der Waals surface area contributed by atoms with Crippen LogP contribution in [0.25, 0.3) is 11.1 Å². The molecule has 12 heteroatoms. The summed E-state index contributed by atoms with van der Waals surface area (Å²) in [6, 6.07) is 31.8. The summed E-state index contributed by atoms with van der Waals surface area (Å²) in [5.41, 5.74) is 3.37. The van der Waals surface area contributed by atoms with Gasteiger partial charge in [0, 0.05) is 30.6 Å². The molecule has 2 amide bonds. The molecule has 2 N–H and O–H groups in total. The van der Waals surface area contributed by atoms with Crippen molar-refractivity contribution in [2.24, 2.45) is 5.92 Å². The molecule has 0 spiro atoms. The van der Waals surface area contributed by atoms with E-state index >= 15 is 0 Å². The van der Waals surface area contributed by atoms with E-state index in [0.29, 0.717) is 28.9 Å². The third-order valence-corrected chi connectivity index (χ3v) is 9.58. The van der Waals surface area contributed by atoms with Crippen molar-refractivity contribution < 1.29 is 32.6 Å². The van der Waals surface area contributed by atoms with Gasteiger partial charge in [0.25, 0.3) is 15.9 Å². The van der Waals surface area contributed by atoms with E-state index in [2.05, 4.69) is 0 Å². The highest BCUT2D eigenvalue weighted by Gasteiger charge is 2.27. The van der Waals surface area contributed by atoms with E-state index in [4.69, 9.17) is 9.72 Å². The van der Waals surface area contributed by atoms with Crippen LogP contribution in [0.4, 0.5) is 4.79 Å². The van der Waals surface area contributed by atoms with Crippen molar-refractivity contribution in [1.82, 2.24) is 19.2 Å². The molecule has 270 valence electrons. The standard InChI is InChI=1S/C40H42N4O7S/c1-4-13-36-41-34(26-43(24-29-14-7-5-8-15-29)38(45)32-16-9-6-10-17-32)37(39(46)47)44(36)25-30-20-22-31(23-21-30)33-18-11-12-19-35(33)52(49,50)42-40(48)51-27-28(2)3/h5-12,14-23,28H,4,13,24-27H2,1-3H3,(H,42,48)(H,46,47). The number of imidazole rings is 1. The predicted molar refractivity (Wildman–Crippen MR) is 197 cm³/mol. The average molecular weight is 723 g/mol. The first-order valence-electron chi connectivity index (χ1n) is 17.0. The third kappa shape index (κ3) is 9.32. The second kappa shape index (κ2) is 17.0. The van der Waals surface area contributed by atoms with Crippen LogP contribution in [-0.4, -0.2) is 52.6 Å². The van der Waals surface area contributed by atoms with Gasteiger partial charge >= 0.3 is 12.1 Å². The summed E-state index contributed by atoms with van der Waals surface area (Å²) in [5, 5.41) is 10.5. The fourth-order valence-corrected chi connectivity index (χ4v) is 6.90. The minimum absolute atomic E-state index is 0.00156. The van der Waals surface area contributed by atoms with Gasteiger partial charge in [-0.25, -0.2) is 27.7 Å². The number of rotatable bonds is 15. The number of nitrogens with one attached hydrogen (secondary N) is 1. The Balaban J connectivity index is 1.44. The lowest BCUT2D eigenvalue weighted by atomic mass is 10.0. The van der Waals surface area contributed by atoms with E-state index in [9.17, 15) is 27.9 Å². The number of amides is 2. The van der Waals surface area contributed by atoms with E-state index in [1.807, 2.05) is 61.9 Å². The number of hydrogen-bond acceptors (Lipinski definition) is 7. The Kier molecular flexibility index (Phi) is 12.2. The smallest absolute Gasteiger partial charge is 0.421 e. The maximum absolute atomic E-state index is 13.8. The van der Waals surface area contributed by atoms with Crippen LogP contribution in [0.1, 0.15) is 70.7 Å². The summed E-state index contributed by atoms with van der Waals surface area (Å²) in [6.07, 6.45) is 0.181. The number of carboxylic acid groups (broad SMARTS) is 1. The summed E-state index contributed by atoms with van der Waals surface area (Å²) in [7, 11) is -4.25. The van der Waals surface area contributed by atoms with Crippen LogP contribution >= 0.6 is 0 Å². The number of carboxylic acids is 1. The fourth-order valence-electron chi connectivity index (χ4n) is 5.78. The largest absolute Gasteiger partial charge is 0.477 e. The average Bonchev–Trinajstić information content (AvgIpc) is 3.47. The summed E-state index contributed by atoms with van der Waals surface area (Å²) in [5.74, 6) is -0.784. The van der Waals surface area contributed by atoms with Gasteiger partial charge < -0.3 is 19.3 Å². The number of aromatic nitrogens is 2. The van der Waals surface area contributed by atoms with Gasteiger partial charge in [0.15, 0.2) is 5.69 Å². The number of carbonyl (C=O) groups excluding carboxylic acids is 2. The lowest BCUT2D eigenvalue weighted by Gasteiger charge is -2.23. The monoisotopic (exact) mass is 722 g/mol. The second-order valence-corrected chi connectivity index (χ2v) is 14.4. The van der Waals surface area contributed by atoms with Crippen LogP contribution in [0, 0.1) is 5.92 Å². The number of carbonyl (C=O) groups is 3. The zero-order valence-corrected chi connectivity index (χ0v) is 30.2. The highest BCUT2D eigenvalue weighted by Crippen LogP contribution is 2.28. The lowest BCUT2D eigenvalue weighted by molar-refractivity contribution is 0.0668. The number of aromatic carboxylic acids is 1. The van der Waals surface area contributed by atoms with Gasteiger partial charge in [0.2, 0.25) is 0 Å². The summed E-state index contributed by atoms with van der Waals surface area (Å²) >= 11 is 0. The summed E-state index contributed by atoms with van der Waals surface area (Å²) in [6.45, 7) is 6.17. The Hall–Kier alpha value is -5.75. The first-order valence-corrected chi connectivity index (χ1v) is 18.5. The number of hydrogen-bond donors (Lipinski definition) is 2. The maximum atomic E-state index is 13.8. The van der Waals surface area contributed by atoms with Gasteiger partial charge in [-0.15, -0.1) is 0 Å². The van der Waals surface area contributed by atoms with Crippen molar-refractivity contribution in [3.63, 3.8) is 0 Å². The zero-order valence-electron chi connectivity index (χ0n) is 29.4. The Morgan fingerprint density at radius 2 is 1.48 bits per heavy atom. The molecule has 5 rings (SSSR count). The molecule has 52 heavy (non-hydrogen) atoms. The van der Waals surface area contributed by atoms with Crippen LogP contribution in [0.2, 0.25) is 0 Å². The molecule has 0 bridgehead atoms. The quantitative estimate of drug-likeness (QED) is 0.116. The molecule has 0 aliphatic rings. The Bertz CT molecular complexity index is 2110. The van der Waals surface area contributed by atoms with Gasteiger partial charge in [0.05, 0.1) is 23.7 Å². The molecule has 0 aliphatic carbocycles. The van der Waals surface area contributed by atoms with Crippen LogP contribution in [0.3, 0.4) is 0 Å². The van der Waals surface area contributed by atoms with Crippen molar-refractivity contribution in [3.8, 4) is 11.1 Å². The zero-order chi connectivity index (χ0) is 37.3. The molecule has 0 saturated carbocycles. The molecule has 0 fully saturated rings. The van der Waals surface area contributed by atoms with Crippen LogP contribution in [0.5, 0.6) is 0 Å². The van der Waals surface area contributed by atoms with Crippen molar-refractivity contribution in [2.75, 3.05) is 6.61 Å². The highest BCUT2D eigenvalue weighted by molar-refractivity contribution is 7.90. The van der Waals surface area contributed by atoms with E-state index in [0.717, 1.165) is 17.5 Å².